The monoisotopic (exact) mass is 605 g/mol. The smallest absolute Gasteiger partial charge is 0.269 e. The highest BCUT2D eigenvalue weighted by molar-refractivity contribution is 6.10. The van der Waals surface area contributed by atoms with E-state index in [1.807, 2.05) is 72.8 Å². The molecule has 8 rings (SSSR count). The van der Waals surface area contributed by atoms with Crippen LogP contribution < -0.4 is 4.90 Å². The molecule has 2 aromatic heterocycles. The number of rotatable bonds is 4. The average Bonchev–Trinajstić information content (AvgIpc) is 3.32. The molecular weight excluding hydrogens is 578 g/mol. The zero-order valence-corrected chi connectivity index (χ0v) is 24.3. The quantitative estimate of drug-likeness (QED) is 0.221. The molecule has 3 N–H and O–H groups in total. The van der Waals surface area contributed by atoms with E-state index in [-0.39, 0.29) is 17.1 Å². The van der Waals surface area contributed by atoms with Gasteiger partial charge in [0.15, 0.2) is 0 Å². The third kappa shape index (κ3) is 4.94. The number of amides is 1. The predicted molar refractivity (Wildman–Crippen MR) is 174 cm³/mol. The zero-order valence-electron chi connectivity index (χ0n) is 24.3. The van der Waals surface area contributed by atoms with Crippen LogP contribution in [0.1, 0.15) is 28.3 Å². The number of anilines is 1. The van der Waals surface area contributed by atoms with Gasteiger partial charge in [-0.05, 0) is 35.4 Å². The molecule has 0 fully saturated rings. The molecule has 0 bridgehead atoms. The van der Waals surface area contributed by atoms with Crippen LogP contribution in [0, 0.1) is 0 Å². The number of carbonyl (C=O) groups is 1. The summed E-state index contributed by atoms with van der Waals surface area (Å²) in [5.74, 6) is -0.547. The van der Waals surface area contributed by atoms with Gasteiger partial charge in [-0.15, -0.1) is 0 Å². The Kier molecular flexibility index (Phi) is 7.28. The second-order valence-corrected chi connectivity index (χ2v) is 10.8. The van der Waals surface area contributed by atoms with Crippen molar-refractivity contribution < 1.29 is 20.1 Å². The van der Waals surface area contributed by atoms with E-state index in [0.29, 0.717) is 27.8 Å². The number of phenolic OH excluding ortho intramolecular Hbond substituents is 2. The van der Waals surface area contributed by atoms with E-state index in [2.05, 4.69) is 19.9 Å². The van der Waals surface area contributed by atoms with Crippen molar-refractivity contribution in [3.8, 4) is 11.5 Å². The van der Waals surface area contributed by atoms with Gasteiger partial charge in [0.05, 0.1) is 33.8 Å². The standard InChI is InChI=1S/C29H21N3O3.C8H6N2O/c33-26-18-24-23(30-15-16-31-24)17-22(26)29(35)21-13-7-8-14-25(21)32(28(29)34)27(19-9-3-1-4-10-19)20-11-5-2-6-12-20;11-6-1-2-7-8(5-6)10-4-3-9-7/h1-18,27,33,35H;1-5,11H. The molecule has 7 aromatic rings. The maximum atomic E-state index is 14.3. The van der Waals surface area contributed by atoms with Gasteiger partial charge in [0.25, 0.3) is 5.91 Å². The average molecular weight is 606 g/mol. The second kappa shape index (κ2) is 11.7. The molecular formula is C37H27N5O4. The van der Waals surface area contributed by atoms with Gasteiger partial charge in [-0.2, -0.15) is 0 Å². The third-order valence-corrected chi connectivity index (χ3v) is 8.00. The molecule has 0 aliphatic carbocycles. The molecule has 5 aromatic carbocycles. The Hall–Kier alpha value is -6.19. The Bertz CT molecular complexity index is 2160. The van der Waals surface area contributed by atoms with E-state index in [0.717, 1.165) is 16.6 Å². The van der Waals surface area contributed by atoms with Crippen LogP contribution in [0.3, 0.4) is 0 Å². The molecule has 0 saturated carbocycles. The van der Waals surface area contributed by atoms with Crippen LogP contribution in [-0.2, 0) is 10.4 Å². The second-order valence-electron chi connectivity index (χ2n) is 10.8. The van der Waals surface area contributed by atoms with Crippen molar-refractivity contribution in [1.82, 2.24) is 19.9 Å². The number of para-hydroxylation sites is 1. The summed E-state index contributed by atoms with van der Waals surface area (Å²) in [6.07, 6.45) is 6.28. The van der Waals surface area contributed by atoms with Crippen molar-refractivity contribution >= 4 is 33.7 Å². The molecule has 1 atom stereocenters. The van der Waals surface area contributed by atoms with Gasteiger partial charge < -0.3 is 15.3 Å². The largest absolute Gasteiger partial charge is 0.508 e. The van der Waals surface area contributed by atoms with Gasteiger partial charge in [-0.1, -0.05) is 78.9 Å². The summed E-state index contributed by atoms with van der Waals surface area (Å²) >= 11 is 0. The number of aliphatic hydroxyl groups is 1. The first-order valence-corrected chi connectivity index (χ1v) is 14.5. The minimum Gasteiger partial charge on any atom is -0.508 e. The predicted octanol–water partition coefficient (Wildman–Crippen LogP) is 6.04. The molecule has 3 heterocycles. The van der Waals surface area contributed by atoms with Gasteiger partial charge in [-0.25, -0.2) is 0 Å². The molecule has 9 nitrogen and oxygen atoms in total. The van der Waals surface area contributed by atoms with Crippen molar-refractivity contribution in [3.63, 3.8) is 0 Å². The van der Waals surface area contributed by atoms with Crippen LogP contribution >= 0.6 is 0 Å². The summed E-state index contributed by atoms with van der Waals surface area (Å²) in [5, 5.41) is 32.1. The zero-order chi connectivity index (χ0) is 31.7. The fourth-order valence-electron chi connectivity index (χ4n) is 5.91. The summed E-state index contributed by atoms with van der Waals surface area (Å²) in [7, 11) is 0. The van der Waals surface area contributed by atoms with Crippen LogP contribution in [0.15, 0.2) is 140 Å². The lowest BCUT2D eigenvalue weighted by atomic mass is 9.86. The number of hydrogen-bond acceptors (Lipinski definition) is 8. The summed E-state index contributed by atoms with van der Waals surface area (Å²) in [5.41, 5.74) is 3.22. The Morgan fingerprint density at radius 3 is 1.72 bits per heavy atom. The van der Waals surface area contributed by atoms with Crippen LogP contribution in [0.25, 0.3) is 22.1 Å². The minimum atomic E-state index is -2.10. The highest BCUT2D eigenvalue weighted by Crippen LogP contribution is 2.51. The lowest BCUT2D eigenvalue weighted by Gasteiger charge is -2.31. The highest BCUT2D eigenvalue weighted by Gasteiger charge is 2.54. The molecule has 9 heteroatoms. The van der Waals surface area contributed by atoms with E-state index in [9.17, 15) is 15.0 Å². The Labute approximate surface area is 263 Å². The number of nitrogens with zero attached hydrogens (tertiary/aromatic N) is 5. The highest BCUT2D eigenvalue weighted by atomic mass is 16.3. The van der Waals surface area contributed by atoms with E-state index < -0.39 is 17.6 Å². The summed E-state index contributed by atoms with van der Waals surface area (Å²) in [4.78, 5) is 32.5. The van der Waals surface area contributed by atoms with E-state index in [1.54, 1.807) is 47.6 Å². The van der Waals surface area contributed by atoms with Crippen LogP contribution in [-0.4, -0.2) is 41.2 Å². The molecule has 1 unspecified atom stereocenters. The number of benzene rings is 5. The van der Waals surface area contributed by atoms with Crippen molar-refractivity contribution in [2.45, 2.75) is 11.6 Å². The third-order valence-electron chi connectivity index (χ3n) is 8.00. The molecule has 0 radical (unpaired) electrons. The summed E-state index contributed by atoms with van der Waals surface area (Å²) in [6, 6.07) is 34.0. The van der Waals surface area contributed by atoms with Crippen molar-refractivity contribution in [3.05, 3.63) is 162 Å². The Morgan fingerprint density at radius 1 is 0.565 bits per heavy atom. The maximum Gasteiger partial charge on any atom is 0.269 e. The molecule has 1 aliphatic rings. The van der Waals surface area contributed by atoms with Gasteiger partial charge in [0, 0.05) is 48.0 Å². The van der Waals surface area contributed by atoms with Gasteiger partial charge in [0.1, 0.15) is 11.5 Å². The van der Waals surface area contributed by atoms with Gasteiger partial charge in [0.2, 0.25) is 5.60 Å². The number of fused-ring (bicyclic) bond motifs is 3. The van der Waals surface area contributed by atoms with Crippen molar-refractivity contribution in [2.75, 3.05) is 4.90 Å². The summed E-state index contributed by atoms with van der Waals surface area (Å²) < 4.78 is 0. The molecule has 0 saturated heterocycles. The number of carbonyl (C=O) groups excluding carboxylic acids is 1. The number of aromatic nitrogens is 4. The van der Waals surface area contributed by atoms with E-state index in [1.165, 1.54) is 24.5 Å². The maximum absolute atomic E-state index is 14.3. The Morgan fingerprint density at radius 2 is 1.09 bits per heavy atom. The number of phenols is 2. The van der Waals surface area contributed by atoms with Crippen LogP contribution in [0.2, 0.25) is 0 Å². The molecule has 46 heavy (non-hydrogen) atoms. The lowest BCUT2D eigenvalue weighted by Crippen LogP contribution is -2.43. The fraction of sp³-hybridized carbons (Fsp3) is 0.0541. The van der Waals surface area contributed by atoms with Crippen molar-refractivity contribution in [1.29, 1.82) is 0 Å². The number of aromatic hydroxyl groups is 2. The summed E-state index contributed by atoms with van der Waals surface area (Å²) in [6.45, 7) is 0. The van der Waals surface area contributed by atoms with Crippen LogP contribution in [0.4, 0.5) is 5.69 Å². The number of hydrogen-bond donors (Lipinski definition) is 3. The SMILES string of the molecule is O=C1N(C(c2ccccc2)c2ccccc2)c2ccccc2C1(O)c1cc2nccnc2cc1O.Oc1ccc2nccnc2c1. The minimum absolute atomic E-state index is 0.0744. The lowest BCUT2D eigenvalue weighted by molar-refractivity contribution is -0.132. The first-order valence-electron chi connectivity index (χ1n) is 14.5. The fourth-order valence-corrected chi connectivity index (χ4v) is 5.91. The first-order chi connectivity index (χ1) is 22.4. The molecule has 1 aliphatic heterocycles. The van der Waals surface area contributed by atoms with Gasteiger partial charge >= 0.3 is 0 Å². The molecule has 1 amide bonds. The van der Waals surface area contributed by atoms with Crippen molar-refractivity contribution in [2.24, 2.45) is 0 Å². The van der Waals surface area contributed by atoms with E-state index >= 15 is 0 Å². The van der Waals surface area contributed by atoms with Crippen LogP contribution in [0.5, 0.6) is 11.5 Å². The topological polar surface area (TPSA) is 133 Å². The normalized spacial score (nSPS) is 15.5. The van der Waals surface area contributed by atoms with Gasteiger partial charge in [-0.3, -0.25) is 29.6 Å². The Balaban J connectivity index is 0.000000259. The first kappa shape index (κ1) is 28.6. The molecule has 224 valence electrons. The molecule has 0 spiro atoms. The van der Waals surface area contributed by atoms with E-state index in [4.69, 9.17) is 5.11 Å².